The molecule has 3 N–H and O–H groups in total. The highest BCUT2D eigenvalue weighted by Gasteiger charge is 2.27. The molecule has 284 valence electrons. The monoisotopic (exact) mass is 706 g/mol. The Hall–Kier alpha value is -1.29. The molecule has 0 spiro atoms. The number of unbranched alkanes of at least 4 members (excludes halogenated alkanes) is 20. The van der Waals surface area contributed by atoms with Gasteiger partial charge in [-0.2, -0.15) is 0 Å². The summed E-state index contributed by atoms with van der Waals surface area (Å²) < 4.78 is 32.5. The van der Waals surface area contributed by atoms with E-state index in [1.165, 1.54) is 96.3 Å². The highest BCUT2D eigenvalue weighted by atomic mass is 31.2. The van der Waals surface area contributed by atoms with Crippen LogP contribution in [-0.4, -0.2) is 65.7 Å². The summed E-state index contributed by atoms with van der Waals surface area (Å²) in [6, 6.07) is 0. The summed E-state index contributed by atoms with van der Waals surface area (Å²) in [7, 11) is -4.60. The normalized spacial score (nSPS) is 14.2. The summed E-state index contributed by atoms with van der Waals surface area (Å²) in [5.74, 6) is -0.927. The maximum atomic E-state index is 12.5. The van der Waals surface area contributed by atoms with E-state index in [1.807, 2.05) is 0 Å². The van der Waals surface area contributed by atoms with E-state index < -0.39 is 51.8 Å². The number of carbonyl (C=O) groups excluding carboxylic acids is 2. The molecule has 0 aromatic carbocycles. The third-order valence-electron chi connectivity index (χ3n) is 8.17. The Kier molecular flexibility index (Phi) is 33.3. The molecule has 0 rings (SSSR count). The number of phosphoric acid groups is 1. The lowest BCUT2D eigenvalue weighted by atomic mass is 10.1. The van der Waals surface area contributed by atoms with Crippen molar-refractivity contribution in [1.29, 1.82) is 0 Å². The van der Waals surface area contributed by atoms with Crippen molar-refractivity contribution in [3.8, 4) is 0 Å². The lowest BCUT2D eigenvalue weighted by Crippen LogP contribution is -2.29. The first-order valence-corrected chi connectivity index (χ1v) is 20.6. The number of aliphatic hydroxyl groups is 2. The van der Waals surface area contributed by atoms with Gasteiger partial charge in [-0.15, -0.1) is 0 Å². The minimum Gasteiger partial charge on any atom is -0.462 e. The Morgan fingerprint density at radius 2 is 1.02 bits per heavy atom. The Bertz CT molecular complexity index is 822. The number of esters is 2. The molecule has 0 amide bonds. The van der Waals surface area contributed by atoms with Crippen LogP contribution in [0.3, 0.4) is 0 Å². The highest BCUT2D eigenvalue weighted by Crippen LogP contribution is 2.43. The van der Waals surface area contributed by atoms with Crippen LogP contribution in [0.15, 0.2) is 12.2 Å². The molecule has 11 heteroatoms. The second-order valence-electron chi connectivity index (χ2n) is 13.0. The SMILES string of the molecule is CCCCCC/C=C/CCCCCCCCCCCC(=O)O[C@H](COC(=O)CCCCCCCCCC)COP(=O)(O)OC[C@@H](O)CO. The van der Waals surface area contributed by atoms with Crippen molar-refractivity contribution in [3.05, 3.63) is 12.2 Å². The van der Waals surface area contributed by atoms with Gasteiger partial charge in [-0.25, -0.2) is 4.57 Å². The van der Waals surface area contributed by atoms with Gasteiger partial charge in [0.25, 0.3) is 0 Å². The van der Waals surface area contributed by atoms with E-state index in [2.05, 4.69) is 30.5 Å². The number of aliphatic hydroxyl groups excluding tert-OH is 2. The zero-order valence-corrected chi connectivity index (χ0v) is 31.4. The van der Waals surface area contributed by atoms with Crippen LogP contribution in [0, 0.1) is 0 Å². The summed E-state index contributed by atoms with van der Waals surface area (Å²) in [4.78, 5) is 34.7. The molecule has 48 heavy (non-hydrogen) atoms. The van der Waals surface area contributed by atoms with Gasteiger partial charge >= 0.3 is 19.8 Å². The molecule has 0 saturated carbocycles. The summed E-state index contributed by atoms with van der Waals surface area (Å²) in [6.07, 6.45) is 29.1. The molecule has 0 saturated heterocycles. The van der Waals surface area contributed by atoms with E-state index in [0.29, 0.717) is 12.8 Å². The predicted molar refractivity (Wildman–Crippen MR) is 192 cm³/mol. The number of ether oxygens (including phenoxy) is 2. The number of hydrogen-bond acceptors (Lipinski definition) is 9. The fourth-order valence-electron chi connectivity index (χ4n) is 5.16. The van der Waals surface area contributed by atoms with Crippen molar-refractivity contribution < 1.29 is 47.8 Å². The van der Waals surface area contributed by atoms with Gasteiger partial charge in [0.05, 0.1) is 19.8 Å². The predicted octanol–water partition coefficient (Wildman–Crippen LogP) is 9.28. The van der Waals surface area contributed by atoms with Crippen LogP contribution >= 0.6 is 7.82 Å². The molecule has 1 unspecified atom stereocenters. The van der Waals surface area contributed by atoms with Crippen LogP contribution in [0.1, 0.15) is 174 Å². The molecule has 0 heterocycles. The minimum atomic E-state index is -4.60. The second-order valence-corrected chi connectivity index (χ2v) is 14.4. The fraction of sp³-hybridized carbons (Fsp3) is 0.892. The molecule has 0 aliphatic carbocycles. The number of carbonyl (C=O) groups is 2. The largest absolute Gasteiger partial charge is 0.472 e. The third-order valence-corrected chi connectivity index (χ3v) is 9.12. The fourth-order valence-corrected chi connectivity index (χ4v) is 5.95. The average Bonchev–Trinajstić information content (AvgIpc) is 3.07. The molecule has 0 aromatic rings. The van der Waals surface area contributed by atoms with E-state index in [9.17, 15) is 24.2 Å². The van der Waals surface area contributed by atoms with Gasteiger partial charge in [0.15, 0.2) is 6.10 Å². The van der Waals surface area contributed by atoms with Crippen molar-refractivity contribution in [1.82, 2.24) is 0 Å². The Balaban J connectivity index is 4.28. The number of hydrogen-bond donors (Lipinski definition) is 3. The van der Waals surface area contributed by atoms with Gasteiger partial charge in [-0.3, -0.25) is 18.6 Å². The van der Waals surface area contributed by atoms with Gasteiger partial charge in [0.1, 0.15) is 12.7 Å². The lowest BCUT2D eigenvalue weighted by molar-refractivity contribution is -0.161. The standard InChI is InChI=1S/C37H71O10P/c1-3-5-7-9-11-13-14-15-16-17-18-19-20-21-23-25-27-29-37(41)47-35(33-46-48(42,43)45-31-34(39)30-38)32-44-36(40)28-26-24-22-12-10-8-6-4-2/h13-14,34-35,38-39H,3-12,15-33H2,1-2H3,(H,42,43)/b14-13+/t34-,35+/m0/s1. The Morgan fingerprint density at radius 1 is 0.604 bits per heavy atom. The second kappa shape index (κ2) is 34.2. The maximum Gasteiger partial charge on any atom is 0.472 e. The minimum absolute atomic E-state index is 0.185. The van der Waals surface area contributed by atoms with Crippen LogP contribution in [0.25, 0.3) is 0 Å². The molecule has 0 bridgehead atoms. The molecule has 0 aliphatic heterocycles. The van der Waals surface area contributed by atoms with Crippen molar-refractivity contribution in [2.75, 3.05) is 26.4 Å². The lowest BCUT2D eigenvalue weighted by Gasteiger charge is -2.20. The van der Waals surface area contributed by atoms with Gasteiger partial charge in [-0.05, 0) is 38.5 Å². The third kappa shape index (κ3) is 33.2. The first-order valence-electron chi connectivity index (χ1n) is 19.1. The van der Waals surface area contributed by atoms with Crippen molar-refractivity contribution in [2.24, 2.45) is 0 Å². The number of allylic oxidation sites excluding steroid dienone is 2. The van der Waals surface area contributed by atoms with Crippen molar-refractivity contribution in [3.63, 3.8) is 0 Å². The molecule has 3 atom stereocenters. The van der Waals surface area contributed by atoms with Gasteiger partial charge in [0, 0.05) is 12.8 Å². The van der Waals surface area contributed by atoms with E-state index in [1.54, 1.807) is 0 Å². The van der Waals surface area contributed by atoms with Crippen molar-refractivity contribution in [2.45, 2.75) is 187 Å². The quantitative estimate of drug-likeness (QED) is 0.0249. The molecule has 0 radical (unpaired) electrons. The molecule has 0 fully saturated rings. The van der Waals surface area contributed by atoms with Crippen LogP contribution in [0.4, 0.5) is 0 Å². The van der Waals surface area contributed by atoms with Crippen LogP contribution in [-0.2, 0) is 32.7 Å². The molecule has 0 aliphatic rings. The van der Waals surface area contributed by atoms with Gasteiger partial charge in [0.2, 0.25) is 0 Å². The zero-order valence-electron chi connectivity index (χ0n) is 30.5. The van der Waals surface area contributed by atoms with Gasteiger partial charge < -0.3 is 24.6 Å². The Labute approximate surface area is 292 Å². The average molecular weight is 707 g/mol. The molecule has 0 aromatic heterocycles. The number of phosphoric ester groups is 1. The smallest absolute Gasteiger partial charge is 0.462 e. The van der Waals surface area contributed by atoms with E-state index in [0.717, 1.165) is 38.5 Å². The van der Waals surface area contributed by atoms with Crippen LogP contribution < -0.4 is 0 Å². The molecular weight excluding hydrogens is 635 g/mol. The van der Waals surface area contributed by atoms with Crippen LogP contribution in [0.5, 0.6) is 0 Å². The Morgan fingerprint density at radius 3 is 1.52 bits per heavy atom. The highest BCUT2D eigenvalue weighted by molar-refractivity contribution is 7.47. The van der Waals surface area contributed by atoms with E-state index >= 15 is 0 Å². The molecule has 10 nitrogen and oxygen atoms in total. The number of rotatable bonds is 36. The zero-order chi connectivity index (χ0) is 35.6. The summed E-state index contributed by atoms with van der Waals surface area (Å²) in [6.45, 7) is 2.33. The summed E-state index contributed by atoms with van der Waals surface area (Å²) in [5.41, 5.74) is 0. The first kappa shape index (κ1) is 46.7. The summed E-state index contributed by atoms with van der Waals surface area (Å²) >= 11 is 0. The molecular formula is C37H71O10P. The van der Waals surface area contributed by atoms with E-state index in [-0.39, 0.29) is 19.4 Å². The van der Waals surface area contributed by atoms with Crippen LogP contribution in [0.2, 0.25) is 0 Å². The maximum absolute atomic E-state index is 12.5. The topological polar surface area (TPSA) is 149 Å². The van der Waals surface area contributed by atoms with Gasteiger partial charge in [-0.1, -0.05) is 135 Å². The van der Waals surface area contributed by atoms with Crippen molar-refractivity contribution >= 4 is 19.8 Å². The summed E-state index contributed by atoms with van der Waals surface area (Å²) in [5, 5.41) is 18.2. The first-order chi connectivity index (χ1) is 23.2. The van der Waals surface area contributed by atoms with E-state index in [4.69, 9.17) is 19.1 Å².